The van der Waals surface area contributed by atoms with E-state index in [-0.39, 0.29) is 5.41 Å². The van der Waals surface area contributed by atoms with Crippen molar-refractivity contribution in [3.63, 3.8) is 0 Å². The molecule has 0 aliphatic carbocycles. The van der Waals surface area contributed by atoms with E-state index in [4.69, 9.17) is 11.6 Å². The van der Waals surface area contributed by atoms with Gasteiger partial charge in [-0.1, -0.05) is 61.9 Å². The summed E-state index contributed by atoms with van der Waals surface area (Å²) >= 11 is 6.23. The fourth-order valence-electron chi connectivity index (χ4n) is 3.37. The molecule has 2 nitrogen and oxygen atoms in total. The van der Waals surface area contributed by atoms with Crippen LogP contribution in [0, 0.1) is 5.92 Å². The monoisotopic (exact) mass is 324 g/mol. The molecule has 0 saturated carbocycles. The molecule has 0 aliphatic heterocycles. The van der Waals surface area contributed by atoms with Gasteiger partial charge in [-0.25, -0.2) is 0 Å². The van der Waals surface area contributed by atoms with Gasteiger partial charge in [0, 0.05) is 10.4 Å². The van der Waals surface area contributed by atoms with Gasteiger partial charge in [0.15, 0.2) is 0 Å². The van der Waals surface area contributed by atoms with Gasteiger partial charge in [0.05, 0.1) is 16.6 Å². The molecule has 0 amide bonds. The number of aromatic amines is 1. The van der Waals surface area contributed by atoms with Crippen LogP contribution < -0.4 is 0 Å². The van der Waals surface area contributed by atoms with Crippen LogP contribution in [0.15, 0.2) is 61.2 Å². The minimum Gasteiger partial charge on any atom is -0.280 e. The predicted octanol–water partition coefficient (Wildman–Crippen LogP) is 5.73. The number of aromatic nitrogens is 2. The molecule has 1 heterocycles. The minimum atomic E-state index is -0.311. The maximum atomic E-state index is 6.23. The first-order valence-electron chi connectivity index (χ1n) is 7.90. The molecule has 0 spiro atoms. The van der Waals surface area contributed by atoms with E-state index in [0.717, 1.165) is 28.0 Å². The zero-order chi connectivity index (χ0) is 16.4. The molecule has 118 valence electrons. The summed E-state index contributed by atoms with van der Waals surface area (Å²) in [6.07, 6.45) is 2.99. The summed E-state index contributed by atoms with van der Waals surface area (Å²) < 4.78 is 0. The average molecular weight is 325 g/mol. The Morgan fingerprint density at radius 1 is 1.22 bits per heavy atom. The maximum Gasteiger partial charge on any atom is 0.0925 e. The van der Waals surface area contributed by atoms with Crippen molar-refractivity contribution < 1.29 is 0 Å². The van der Waals surface area contributed by atoms with Crippen LogP contribution >= 0.6 is 11.6 Å². The van der Waals surface area contributed by atoms with Crippen LogP contribution in [0.1, 0.15) is 31.5 Å². The lowest BCUT2D eigenvalue weighted by molar-refractivity contribution is 0.459. The number of nitrogens with zero attached hydrogens (tertiary/aromatic N) is 1. The van der Waals surface area contributed by atoms with E-state index in [0.29, 0.717) is 5.92 Å². The molecule has 0 saturated heterocycles. The van der Waals surface area contributed by atoms with Gasteiger partial charge in [-0.05, 0) is 36.1 Å². The molecule has 1 atom stereocenters. The molecule has 3 aromatic rings. The molecule has 2 aromatic carbocycles. The fourth-order valence-corrected chi connectivity index (χ4v) is 3.54. The Bertz CT molecular complexity index is 820. The normalized spacial score (nSPS) is 14.1. The van der Waals surface area contributed by atoms with Crippen molar-refractivity contribution >= 4 is 22.5 Å². The first kappa shape index (κ1) is 15.8. The summed E-state index contributed by atoms with van der Waals surface area (Å²) in [6.45, 7) is 8.62. The number of rotatable bonds is 5. The number of H-pyrrole nitrogens is 1. The van der Waals surface area contributed by atoms with Crippen molar-refractivity contribution in [3.8, 4) is 0 Å². The molecule has 0 radical (unpaired) electrons. The number of hydrogen-bond donors (Lipinski definition) is 1. The lowest BCUT2D eigenvalue weighted by Gasteiger charge is -2.32. The van der Waals surface area contributed by atoms with E-state index in [2.05, 4.69) is 54.9 Å². The van der Waals surface area contributed by atoms with Crippen molar-refractivity contribution in [2.75, 3.05) is 0 Å². The van der Waals surface area contributed by atoms with E-state index < -0.39 is 0 Å². The molecule has 1 N–H and O–H groups in total. The van der Waals surface area contributed by atoms with Gasteiger partial charge in [0.2, 0.25) is 0 Å². The third-order valence-corrected chi connectivity index (χ3v) is 4.56. The molecule has 0 bridgehead atoms. The van der Waals surface area contributed by atoms with Crippen molar-refractivity contribution in [1.82, 2.24) is 10.2 Å². The molecule has 3 rings (SSSR count). The first-order valence-corrected chi connectivity index (χ1v) is 8.28. The molecule has 0 unspecified atom stereocenters. The largest absolute Gasteiger partial charge is 0.280 e. The van der Waals surface area contributed by atoms with Crippen LogP contribution in [0.25, 0.3) is 10.9 Å². The Labute approximate surface area is 142 Å². The van der Waals surface area contributed by atoms with E-state index in [1.54, 1.807) is 0 Å². The zero-order valence-corrected chi connectivity index (χ0v) is 14.3. The van der Waals surface area contributed by atoms with Crippen molar-refractivity contribution in [2.24, 2.45) is 5.92 Å². The van der Waals surface area contributed by atoms with Gasteiger partial charge in [0.1, 0.15) is 0 Å². The minimum absolute atomic E-state index is 0.311. The van der Waals surface area contributed by atoms with Gasteiger partial charge < -0.3 is 0 Å². The summed E-state index contributed by atoms with van der Waals surface area (Å²) in [4.78, 5) is 0. The van der Waals surface area contributed by atoms with Crippen molar-refractivity contribution in [1.29, 1.82) is 0 Å². The second-order valence-electron chi connectivity index (χ2n) is 6.40. The number of hydrogen-bond acceptors (Lipinski definition) is 1. The van der Waals surface area contributed by atoms with Gasteiger partial charge in [0.25, 0.3) is 0 Å². The molecule has 3 heteroatoms. The molecular formula is C20H21ClN2. The zero-order valence-electron chi connectivity index (χ0n) is 13.5. The number of halogens is 1. The lowest BCUT2D eigenvalue weighted by atomic mass is 9.71. The Morgan fingerprint density at radius 3 is 2.61 bits per heavy atom. The number of allylic oxidation sites excluding steroid dienone is 1. The summed E-state index contributed by atoms with van der Waals surface area (Å²) in [5.41, 5.74) is 2.89. The van der Waals surface area contributed by atoms with Crippen LogP contribution in [-0.4, -0.2) is 10.2 Å². The van der Waals surface area contributed by atoms with E-state index in [9.17, 15) is 0 Å². The molecule has 1 aromatic heterocycles. The first-order chi connectivity index (χ1) is 11.1. The Kier molecular flexibility index (Phi) is 4.27. The smallest absolute Gasteiger partial charge is 0.0925 e. The highest BCUT2D eigenvalue weighted by Gasteiger charge is 2.35. The maximum absolute atomic E-state index is 6.23. The summed E-state index contributed by atoms with van der Waals surface area (Å²) in [5, 5.41) is 9.51. The third-order valence-electron chi connectivity index (χ3n) is 4.33. The highest BCUT2D eigenvalue weighted by Crippen LogP contribution is 2.41. The highest BCUT2D eigenvalue weighted by molar-refractivity contribution is 6.31. The van der Waals surface area contributed by atoms with Gasteiger partial charge in [-0.3, -0.25) is 5.10 Å². The average Bonchev–Trinajstić information content (AvgIpc) is 2.96. The van der Waals surface area contributed by atoms with E-state index in [1.807, 2.05) is 30.3 Å². The third kappa shape index (κ3) is 2.79. The Hall–Kier alpha value is -2.06. The van der Waals surface area contributed by atoms with Gasteiger partial charge >= 0.3 is 0 Å². The summed E-state index contributed by atoms with van der Waals surface area (Å²) in [7, 11) is 0. The number of fused-ring (bicyclic) bond motifs is 1. The standard InChI is InChI=1S/C20H21ClN2/c1-4-20(13-14(2)3,15-8-6-5-7-9-15)19-17-12-16(21)10-11-18(17)22-23-19/h4-12,14H,1,13H2,2-3H3,(H,22,23)/t20-/m0/s1. The van der Waals surface area contributed by atoms with Crippen LogP contribution in [0.4, 0.5) is 0 Å². The van der Waals surface area contributed by atoms with Gasteiger partial charge in [-0.15, -0.1) is 6.58 Å². The fraction of sp³-hybridized carbons (Fsp3) is 0.250. The predicted molar refractivity (Wildman–Crippen MR) is 98.0 cm³/mol. The van der Waals surface area contributed by atoms with Crippen molar-refractivity contribution in [3.05, 3.63) is 77.5 Å². The summed E-state index contributed by atoms with van der Waals surface area (Å²) in [5.74, 6) is 0.505. The highest BCUT2D eigenvalue weighted by atomic mass is 35.5. The van der Waals surface area contributed by atoms with Crippen LogP contribution in [0.2, 0.25) is 5.02 Å². The number of benzene rings is 2. The van der Waals surface area contributed by atoms with Crippen LogP contribution in [-0.2, 0) is 5.41 Å². The Morgan fingerprint density at radius 2 is 1.96 bits per heavy atom. The quantitative estimate of drug-likeness (QED) is 0.596. The molecular weight excluding hydrogens is 304 g/mol. The van der Waals surface area contributed by atoms with Crippen LogP contribution in [0.3, 0.4) is 0 Å². The topological polar surface area (TPSA) is 28.7 Å². The van der Waals surface area contributed by atoms with Crippen LogP contribution in [0.5, 0.6) is 0 Å². The molecule has 23 heavy (non-hydrogen) atoms. The van der Waals surface area contributed by atoms with E-state index in [1.165, 1.54) is 5.56 Å². The molecule has 0 fully saturated rings. The van der Waals surface area contributed by atoms with Crippen molar-refractivity contribution in [2.45, 2.75) is 25.7 Å². The van der Waals surface area contributed by atoms with Gasteiger partial charge in [-0.2, -0.15) is 5.10 Å². The second-order valence-corrected chi connectivity index (χ2v) is 6.84. The second kappa shape index (κ2) is 6.21. The molecule has 0 aliphatic rings. The lowest BCUT2D eigenvalue weighted by Crippen LogP contribution is -2.28. The van der Waals surface area contributed by atoms with E-state index >= 15 is 0 Å². The number of nitrogens with one attached hydrogen (secondary N) is 1. The Balaban J connectivity index is 2.29. The SMILES string of the molecule is C=C[C@](CC(C)C)(c1ccccc1)c1[nH]nc2ccc(Cl)cc12. The summed E-state index contributed by atoms with van der Waals surface area (Å²) in [6, 6.07) is 16.3.